The number of nitrogens with zero attached hydrogens (tertiary/aromatic N) is 1. The summed E-state index contributed by atoms with van der Waals surface area (Å²) in [6.45, 7) is 6.20. The van der Waals surface area contributed by atoms with Crippen LogP contribution in [0.4, 0.5) is 0 Å². The molecule has 3 heterocycles. The monoisotopic (exact) mass is 361 g/mol. The molecular weight excluding hydrogens is 334 g/mol. The van der Waals surface area contributed by atoms with Crippen molar-refractivity contribution in [2.45, 2.75) is 74.8 Å². The molecule has 14 atom stereocenters. The van der Waals surface area contributed by atoms with Crippen LogP contribution in [-0.4, -0.2) is 72.7 Å². The first-order valence-electron chi connectivity index (χ1n) is 10.1. The molecule has 0 aromatic carbocycles. The fourth-order valence-electron chi connectivity index (χ4n) is 10.4. The van der Waals surface area contributed by atoms with Gasteiger partial charge in [-0.05, 0) is 37.5 Å². The molecule has 142 valence electrons. The molecule has 9 fully saturated rings. The highest BCUT2D eigenvalue weighted by Crippen LogP contribution is 2.88. The molecule has 3 aliphatic heterocycles. The van der Waals surface area contributed by atoms with Crippen LogP contribution in [0.15, 0.2) is 12.2 Å². The van der Waals surface area contributed by atoms with Crippen LogP contribution < -0.4 is 0 Å². The second-order valence-electron chi connectivity index (χ2n) is 10.8. The van der Waals surface area contributed by atoms with E-state index in [2.05, 4.69) is 11.5 Å². The van der Waals surface area contributed by atoms with Gasteiger partial charge in [-0.15, -0.1) is 0 Å². The van der Waals surface area contributed by atoms with E-state index in [1.165, 1.54) is 0 Å². The van der Waals surface area contributed by atoms with Crippen molar-refractivity contribution < 1.29 is 25.5 Å². The second kappa shape index (κ2) is 3.70. The van der Waals surface area contributed by atoms with Gasteiger partial charge < -0.3 is 25.5 Å². The summed E-state index contributed by atoms with van der Waals surface area (Å²) in [4.78, 5) is 2.17. The van der Waals surface area contributed by atoms with Gasteiger partial charge in [-0.2, -0.15) is 0 Å². The second-order valence-corrected chi connectivity index (χ2v) is 10.8. The van der Waals surface area contributed by atoms with E-state index in [0.29, 0.717) is 12.8 Å². The summed E-state index contributed by atoms with van der Waals surface area (Å²) >= 11 is 0. The van der Waals surface area contributed by atoms with Crippen molar-refractivity contribution in [3.63, 3.8) is 0 Å². The van der Waals surface area contributed by atoms with E-state index in [4.69, 9.17) is 0 Å². The predicted octanol–water partition coefficient (Wildman–Crippen LogP) is -0.803. The van der Waals surface area contributed by atoms with E-state index in [9.17, 15) is 25.5 Å². The Hall–Kier alpha value is -0.500. The largest absolute Gasteiger partial charge is 0.390 e. The lowest BCUT2D eigenvalue weighted by Crippen LogP contribution is -2.79. The lowest BCUT2D eigenvalue weighted by atomic mass is 9.37. The van der Waals surface area contributed by atoms with Crippen LogP contribution in [0.25, 0.3) is 0 Å². The van der Waals surface area contributed by atoms with Gasteiger partial charge in [-0.25, -0.2) is 0 Å². The van der Waals surface area contributed by atoms with Crippen LogP contribution in [-0.2, 0) is 0 Å². The van der Waals surface area contributed by atoms with Gasteiger partial charge in [0, 0.05) is 28.8 Å². The molecule has 9 bridgehead atoms. The van der Waals surface area contributed by atoms with Gasteiger partial charge in [-0.1, -0.05) is 19.1 Å². The molecular formula is C20H27NO5. The lowest BCUT2D eigenvalue weighted by Gasteiger charge is -2.69. The molecule has 1 unspecified atom stereocenters. The number of hydrogen-bond acceptors (Lipinski definition) is 6. The lowest BCUT2D eigenvalue weighted by molar-refractivity contribution is -0.326. The summed E-state index contributed by atoms with van der Waals surface area (Å²) in [7, 11) is 0. The van der Waals surface area contributed by atoms with Crippen molar-refractivity contribution in [3.05, 3.63) is 12.2 Å². The maximum atomic E-state index is 12.3. The van der Waals surface area contributed by atoms with Gasteiger partial charge in [0.05, 0.1) is 23.7 Å². The maximum Gasteiger partial charge on any atom is 0.113 e. The first-order chi connectivity index (χ1) is 12.2. The van der Waals surface area contributed by atoms with Crippen molar-refractivity contribution in [2.75, 3.05) is 0 Å². The molecule has 0 aromatic rings. The van der Waals surface area contributed by atoms with E-state index < -0.39 is 46.4 Å². The third-order valence-electron chi connectivity index (χ3n) is 10.6. The molecule has 26 heavy (non-hydrogen) atoms. The van der Waals surface area contributed by atoms with Crippen LogP contribution in [0, 0.1) is 34.0 Å². The molecule has 6 saturated carbocycles. The van der Waals surface area contributed by atoms with E-state index in [1.54, 1.807) is 0 Å². The SMILES string of the molecule is C=C1C[C@]23C[C@H]4[C@@H]5[C@@]6(C)C[C@H](O)[C@@H](O)[C@]57[C@@H]([C@H]2C[C@H]1[C@@H](O)[C@]37O)N4[C@@H]6O. The van der Waals surface area contributed by atoms with Gasteiger partial charge >= 0.3 is 0 Å². The van der Waals surface area contributed by atoms with Crippen molar-refractivity contribution in [3.8, 4) is 0 Å². The number of aliphatic hydroxyl groups is 5. The van der Waals surface area contributed by atoms with Crippen molar-refractivity contribution in [2.24, 2.45) is 34.0 Å². The molecule has 0 radical (unpaired) electrons. The van der Waals surface area contributed by atoms with Gasteiger partial charge in [0.15, 0.2) is 0 Å². The third kappa shape index (κ3) is 0.974. The highest BCUT2D eigenvalue weighted by molar-refractivity contribution is 5.48. The summed E-state index contributed by atoms with van der Waals surface area (Å²) in [6, 6.07) is -0.0645. The van der Waals surface area contributed by atoms with Crippen LogP contribution in [0.3, 0.4) is 0 Å². The Labute approximate surface area is 152 Å². The highest BCUT2D eigenvalue weighted by atomic mass is 16.4. The molecule has 9 rings (SSSR count). The Morgan fingerprint density at radius 2 is 1.85 bits per heavy atom. The predicted molar refractivity (Wildman–Crippen MR) is 89.4 cm³/mol. The molecule has 5 N–H and O–H groups in total. The Morgan fingerprint density at radius 3 is 2.58 bits per heavy atom. The average molecular weight is 361 g/mol. The van der Waals surface area contributed by atoms with Crippen molar-refractivity contribution in [1.29, 1.82) is 0 Å². The molecule has 3 saturated heterocycles. The van der Waals surface area contributed by atoms with Gasteiger partial charge in [0.25, 0.3) is 0 Å². The number of aliphatic hydroxyl groups excluding tert-OH is 4. The summed E-state index contributed by atoms with van der Waals surface area (Å²) in [6.07, 6.45) is -1.12. The Balaban J connectivity index is 1.59. The normalized spacial score (nSPS) is 76.9. The molecule has 0 amide bonds. The van der Waals surface area contributed by atoms with E-state index in [1.807, 2.05) is 6.92 Å². The van der Waals surface area contributed by atoms with Crippen molar-refractivity contribution in [1.82, 2.24) is 4.90 Å². The summed E-state index contributed by atoms with van der Waals surface area (Å²) < 4.78 is 0. The van der Waals surface area contributed by atoms with Crippen molar-refractivity contribution >= 4 is 0 Å². The number of piperidine rings is 2. The van der Waals surface area contributed by atoms with Crippen LogP contribution in [0.5, 0.6) is 0 Å². The fraction of sp³-hybridized carbons (Fsp3) is 0.900. The summed E-state index contributed by atoms with van der Waals surface area (Å²) in [5, 5.41) is 57.0. The molecule has 9 aliphatic rings. The quantitative estimate of drug-likeness (QED) is 0.362. The molecule has 0 aromatic heterocycles. The third-order valence-corrected chi connectivity index (χ3v) is 10.6. The van der Waals surface area contributed by atoms with Gasteiger partial charge in [-0.3, -0.25) is 4.90 Å². The smallest absolute Gasteiger partial charge is 0.113 e. The zero-order chi connectivity index (χ0) is 18.2. The van der Waals surface area contributed by atoms with E-state index in [0.717, 1.165) is 18.4 Å². The standard InChI is InChI=1S/C20H27NO5/c1-7-4-18-5-10-12-17(2)6-11(22)15(24)19(12)13(21(10)16(17)25)9(18)3-8(7)14(23)20(18,19)26/h8-16,22-26H,1,3-6H2,2H3/t8-,9-,10+,11+,12-,13-,14-,15-,16-,17-,18+,19-,20+/m1/s1. The van der Waals surface area contributed by atoms with Gasteiger partial charge in [0.2, 0.25) is 0 Å². The zero-order valence-corrected chi connectivity index (χ0v) is 14.9. The first kappa shape index (κ1) is 15.4. The van der Waals surface area contributed by atoms with Crippen LogP contribution >= 0.6 is 0 Å². The molecule has 6 aliphatic carbocycles. The Morgan fingerprint density at radius 1 is 1.12 bits per heavy atom. The minimum absolute atomic E-state index is 0.101. The molecule has 6 heteroatoms. The average Bonchev–Trinajstić information content (AvgIpc) is 2.96. The highest BCUT2D eigenvalue weighted by Gasteiger charge is 2.97. The fourth-order valence-corrected chi connectivity index (χ4v) is 10.4. The summed E-state index contributed by atoms with van der Waals surface area (Å²) in [5.41, 5.74) is -2.40. The van der Waals surface area contributed by atoms with Crippen LogP contribution in [0.2, 0.25) is 0 Å². The Kier molecular flexibility index (Phi) is 2.19. The topological polar surface area (TPSA) is 104 Å². The zero-order valence-electron chi connectivity index (χ0n) is 14.9. The van der Waals surface area contributed by atoms with Crippen LogP contribution in [0.1, 0.15) is 32.6 Å². The minimum Gasteiger partial charge on any atom is -0.390 e. The number of fused-ring (bicyclic) bond motifs is 1. The minimum atomic E-state index is -1.42. The number of hydrogen-bond donors (Lipinski definition) is 5. The van der Waals surface area contributed by atoms with Gasteiger partial charge in [0.1, 0.15) is 11.8 Å². The Bertz CT molecular complexity index is 788. The molecule has 2 spiro atoms. The molecule has 6 nitrogen and oxygen atoms in total. The number of rotatable bonds is 0. The van der Waals surface area contributed by atoms with E-state index in [-0.39, 0.29) is 29.8 Å². The maximum absolute atomic E-state index is 12.3. The van der Waals surface area contributed by atoms with E-state index >= 15 is 0 Å². The summed E-state index contributed by atoms with van der Waals surface area (Å²) in [5.74, 6) is -0.123. The first-order valence-corrected chi connectivity index (χ1v) is 10.1.